The summed E-state index contributed by atoms with van der Waals surface area (Å²) in [5, 5.41) is 28.9. The van der Waals surface area contributed by atoms with Crippen LogP contribution in [-0.2, 0) is 10.6 Å². The smallest absolute Gasteiger partial charge is 0.416 e. The standard InChI is InChI=1S/C16H31NO2Si.C8H6F3NO2/c1-11(2)20(12(3)4,13(5)6)19-15(8)9-16(18)14(7)10-17;9-8(10,11)5-1-3-6(4-2-5)12-7(13)14/h11-13,15,18H,9H2,1-8H3;1-4,12H,(H,13,14)/t15-;/m1./s1. The van der Waals surface area contributed by atoms with E-state index in [1.807, 2.05) is 18.3 Å². The lowest BCUT2D eigenvalue weighted by molar-refractivity contribution is -0.137. The van der Waals surface area contributed by atoms with Gasteiger partial charge < -0.3 is 14.6 Å². The molecule has 1 aromatic carbocycles. The fraction of sp³-hybridized carbons (Fsp3) is 0.583. The molecule has 0 aliphatic rings. The number of hydrogen-bond donors (Lipinski definition) is 3. The Morgan fingerprint density at radius 2 is 1.47 bits per heavy atom. The molecule has 0 saturated carbocycles. The van der Waals surface area contributed by atoms with E-state index in [1.165, 1.54) is 0 Å². The van der Waals surface area contributed by atoms with Gasteiger partial charge in [0.25, 0.3) is 0 Å². The molecule has 0 aromatic heterocycles. The largest absolute Gasteiger partial charge is 0.511 e. The third kappa shape index (κ3) is 9.39. The van der Waals surface area contributed by atoms with Crippen molar-refractivity contribution in [2.24, 2.45) is 0 Å². The predicted octanol–water partition coefficient (Wildman–Crippen LogP) is 8.11. The molecule has 0 saturated heterocycles. The van der Waals surface area contributed by atoms with Gasteiger partial charge in [0.2, 0.25) is 8.32 Å². The van der Waals surface area contributed by atoms with Crippen LogP contribution in [0.25, 0.3) is 0 Å². The number of allylic oxidation sites excluding steroid dienone is 1. The van der Waals surface area contributed by atoms with Crippen molar-refractivity contribution in [3.63, 3.8) is 0 Å². The van der Waals surface area contributed by atoms with E-state index in [4.69, 9.17) is 14.8 Å². The minimum Gasteiger partial charge on any atom is -0.511 e. The zero-order chi connectivity index (χ0) is 26.9. The SMILES string of the molecule is CC(C#N)=C(O)C[C@@H](C)O[Si](C(C)C)(C(C)C)C(C)C.O=C(O)Nc1ccc(C(F)(F)F)cc1. The molecule has 0 spiro atoms. The van der Waals surface area contributed by atoms with Crippen LogP contribution in [0.5, 0.6) is 0 Å². The van der Waals surface area contributed by atoms with Crippen LogP contribution in [0.2, 0.25) is 16.6 Å². The van der Waals surface area contributed by atoms with Crippen molar-refractivity contribution in [3.05, 3.63) is 41.2 Å². The molecule has 6 nitrogen and oxygen atoms in total. The van der Waals surface area contributed by atoms with Crippen LogP contribution in [-0.4, -0.2) is 30.7 Å². The zero-order valence-electron chi connectivity index (χ0n) is 21.1. The highest BCUT2D eigenvalue weighted by Crippen LogP contribution is 2.43. The lowest BCUT2D eigenvalue weighted by atomic mass is 10.2. The second kappa shape index (κ2) is 13.4. The first-order chi connectivity index (χ1) is 15.5. The predicted molar refractivity (Wildman–Crippen MR) is 130 cm³/mol. The van der Waals surface area contributed by atoms with E-state index in [9.17, 15) is 23.1 Å². The summed E-state index contributed by atoms with van der Waals surface area (Å²) in [5.41, 5.74) is 1.24. The first kappa shape index (κ1) is 31.5. The molecule has 1 amide bonds. The maximum atomic E-state index is 12.0. The van der Waals surface area contributed by atoms with E-state index < -0.39 is 26.2 Å². The number of anilines is 1. The fourth-order valence-electron chi connectivity index (χ4n) is 4.15. The van der Waals surface area contributed by atoms with E-state index in [1.54, 1.807) is 6.92 Å². The molecule has 34 heavy (non-hydrogen) atoms. The van der Waals surface area contributed by atoms with Crippen molar-refractivity contribution in [2.75, 3.05) is 5.32 Å². The minimum atomic E-state index is -4.40. The van der Waals surface area contributed by atoms with Gasteiger partial charge in [-0.25, -0.2) is 4.79 Å². The number of carbonyl (C=O) groups is 1. The highest BCUT2D eigenvalue weighted by Gasteiger charge is 2.46. The third-order valence-electron chi connectivity index (χ3n) is 5.66. The average molecular weight is 503 g/mol. The molecule has 0 aliphatic heterocycles. The summed E-state index contributed by atoms with van der Waals surface area (Å²) >= 11 is 0. The summed E-state index contributed by atoms with van der Waals surface area (Å²) in [6, 6.07) is 5.71. The van der Waals surface area contributed by atoms with Crippen molar-refractivity contribution in [2.45, 2.75) is 90.7 Å². The molecule has 0 unspecified atom stereocenters. The van der Waals surface area contributed by atoms with E-state index in [-0.39, 0.29) is 17.6 Å². The van der Waals surface area contributed by atoms with Crippen LogP contribution in [0.1, 0.15) is 67.4 Å². The Kier molecular flexibility index (Phi) is 12.4. The first-order valence-electron chi connectivity index (χ1n) is 11.1. The van der Waals surface area contributed by atoms with Crippen LogP contribution in [0.4, 0.5) is 23.7 Å². The molecule has 192 valence electrons. The second-order valence-electron chi connectivity index (χ2n) is 9.14. The Morgan fingerprint density at radius 3 is 1.79 bits per heavy atom. The van der Waals surface area contributed by atoms with Crippen molar-refractivity contribution in [1.29, 1.82) is 5.26 Å². The normalized spacial score (nSPS) is 13.7. The molecule has 1 aromatic rings. The van der Waals surface area contributed by atoms with Crippen LogP contribution in [0.15, 0.2) is 35.6 Å². The number of benzene rings is 1. The molecule has 0 aliphatic carbocycles. The molecule has 10 heteroatoms. The zero-order valence-corrected chi connectivity index (χ0v) is 22.1. The van der Waals surface area contributed by atoms with Crippen molar-refractivity contribution >= 4 is 20.1 Å². The Hall–Kier alpha value is -2.51. The highest BCUT2D eigenvalue weighted by atomic mass is 28.4. The summed E-state index contributed by atoms with van der Waals surface area (Å²) in [7, 11) is -1.92. The van der Waals surface area contributed by atoms with Crippen molar-refractivity contribution in [1.82, 2.24) is 0 Å². The van der Waals surface area contributed by atoms with E-state index in [0.29, 0.717) is 28.6 Å². The van der Waals surface area contributed by atoms with Crippen molar-refractivity contribution in [3.8, 4) is 6.07 Å². The number of rotatable bonds is 8. The van der Waals surface area contributed by atoms with Gasteiger partial charge in [-0.15, -0.1) is 0 Å². The van der Waals surface area contributed by atoms with Crippen LogP contribution in [0.3, 0.4) is 0 Å². The first-order valence-corrected chi connectivity index (χ1v) is 13.3. The van der Waals surface area contributed by atoms with Gasteiger partial charge in [0.15, 0.2) is 0 Å². The third-order valence-corrected chi connectivity index (χ3v) is 11.9. The van der Waals surface area contributed by atoms with Gasteiger partial charge in [0.1, 0.15) is 5.76 Å². The van der Waals surface area contributed by atoms with Gasteiger partial charge in [-0.05, 0) is 54.7 Å². The Balaban J connectivity index is 0.000000679. The maximum absolute atomic E-state index is 12.0. The number of aliphatic hydroxyl groups is 1. The number of alkyl halides is 3. The van der Waals surface area contributed by atoms with E-state index in [0.717, 1.165) is 24.3 Å². The number of nitriles is 1. The topological polar surface area (TPSA) is 103 Å². The summed E-state index contributed by atoms with van der Waals surface area (Å²) in [4.78, 5) is 10.1. The summed E-state index contributed by atoms with van der Waals surface area (Å²) in [6.07, 6.45) is -5.36. The molecule has 0 fully saturated rings. The second-order valence-corrected chi connectivity index (χ2v) is 14.5. The van der Waals surface area contributed by atoms with E-state index in [2.05, 4.69) is 41.5 Å². The average Bonchev–Trinajstić information content (AvgIpc) is 2.70. The van der Waals surface area contributed by atoms with Crippen LogP contribution >= 0.6 is 0 Å². The van der Waals surface area contributed by atoms with Crippen LogP contribution < -0.4 is 5.32 Å². The van der Waals surface area contributed by atoms with Gasteiger partial charge in [-0.2, -0.15) is 18.4 Å². The fourth-order valence-corrected chi connectivity index (χ4v) is 9.75. The number of nitrogens with zero attached hydrogens (tertiary/aromatic N) is 1. The van der Waals surface area contributed by atoms with Crippen LogP contribution in [0, 0.1) is 11.3 Å². The number of halogens is 3. The number of nitrogens with one attached hydrogen (secondary N) is 1. The van der Waals surface area contributed by atoms with E-state index >= 15 is 0 Å². The van der Waals surface area contributed by atoms with Gasteiger partial charge >= 0.3 is 12.3 Å². The monoisotopic (exact) mass is 502 g/mol. The molecule has 0 heterocycles. The summed E-state index contributed by atoms with van der Waals surface area (Å²) in [6.45, 7) is 17.1. The Bertz CT molecular complexity index is 839. The van der Waals surface area contributed by atoms with Gasteiger partial charge in [-0.1, -0.05) is 41.5 Å². The number of amides is 1. The van der Waals surface area contributed by atoms with Gasteiger partial charge in [0.05, 0.1) is 17.2 Å². The quantitative estimate of drug-likeness (QED) is 0.189. The van der Waals surface area contributed by atoms with Crippen molar-refractivity contribution < 1.29 is 32.6 Å². The Labute approximate surface area is 201 Å². The molecule has 1 atom stereocenters. The number of aliphatic hydroxyl groups excluding tert-OH is 1. The van der Waals surface area contributed by atoms with Gasteiger partial charge in [-0.3, -0.25) is 5.32 Å². The maximum Gasteiger partial charge on any atom is 0.416 e. The minimum absolute atomic E-state index is 0.0582. The number of hydrogen-bond acceptors (Lipinski definition) is 4. The molecule has 0 radical (unpaired) electrons. The molecule has 3 N–H and O–H groups in total. The molecule has 1 rings (SSSR count). The lowest BCUT2D eigenvalue weighted by Crippen LogP contribution is -2.49. The number of carboxylic acid groups (broad SMARTS) is 1. The highest BCUT2D eigenvalue weighted by molar-refractivity contribution is 6.77. The molecular formula is C24H37F3N2O4Si. The van der Waals surface area contributed by atoms with Gasteiger partial charge in [0, 0.05) is 18.2 Å². The summed E-state index contributed by atoms with van der Waals surface area (Å²) in [5.74, 6) is 0.152. The lowest BCUT2D eigenvalue weighted by Gasteiger charge is -2.44. The molecule has 0 bridgehead atoms. The molecular weight excluding hydrogens is 465 g/mol. The Morgan fingerprint density at radius 1 is 1.03 bits per heavy atom. The summed E-state index contributed by atoms with van der Waals surface area (Å²) < 4.78 is 42.7.